The van der Waals surface area contributed by atoms with Gasteiger partial charge in [0, 0.05) is 12.6 Å². The average molecular weight is 344 g/mol. The van der Waals surface area contributed by atoms with Crippen LogP contribution in [0.3, 0.4) is 0 Å². The lowest BCUT2D eigenvalue weighted by Crippen LogP contribution is -2.12. The molecule has 0 atom stereocenters. The third-order valence-electron chi connectivity index (χ3n) is 3.38. The summed E-state index contributed by atoms with van der Waals surface area (Å²) < 4.78 is 39.9. The predicted octanol–water partition coefficient (Wildman–Crippen LogP) is 3.31. The zero-order valence-electron chi connectivity index (χ0n) is 11.6. The lowest BCUT2D eigenvalue weighted by molar-refractivity contribution is -0.140. The predicted molar refractivity (Wildman–Crippen MR) is 78.4 cm³/mol. The Hall–Kier alpha value is -2.48. The van der Waals surface area contributed by atoms with Crippen LogP contribution in [0.4, 0.5) is 13.2 Å². The number of alkyl halides is 3. The summed E-state index contributed by atoms with van der Waals surface area (Å²) in [6, 6.07) is 6.32. The number of benzene rings is 1. The number of pyridine rings is 1. The van der Waals surface area contributed by atoms with E-state index in [2.05, 4.69) is 10.1 Å². The van der Waals surface area contributed by atoms with E-state index in [4.69, 9.17) is 11.6 Å². The summed E-state index contributed by atoms with van der Waals surface area (Å²) >= 11 is 6.02. The van der Waals surface area contributed by atoms with Gasteiger partial charge in [-0.2, -0.15) is 18.3 Å². The van der Waals surface area contributed by atoms with Crippen molar-refractivity contribution in [1.29, 1.82) is 0 Å². The van der Waals surface area contributed by atoms with Gasteiger partial charge in [-0.3, -0.25) is 9.48 Å². The first-order valence-electron chi connectivity index (χ1n) is 6.36. The van der Waals surface area contributed by atoms with Crippen LogP contribution in [0.15, 0.2) is 29.1 Å². The van der Waals surface area contributed by atoms with Crippen LogP contribution in [0.5, 0.6) is 5.75 Å². The zero-order chi connectivity index (χ0) is 16.9. The largest absolute Gasteiger partial charge is 0.503 e. The minimum Gasteiger partial charge on any atom is -0.503 e. The molecule has 23 heavy (non-hydrogen) atoms. The summed E-state index contributed by atoms with van der Waals surface area (Å²) in [4.78, 5) is 14.9. The van der Waals surface area contributed by atoms with E-state index in [1.165, 1.54) is 19.2 Å². The highest BCUT2D eigenvalue weighted by molar-refractivity contribution is 6.33. The molecule has 0 fully saturated rings. The monoisotopic (exact) mass is 343 g/mol. The Labute approximate surface area is 131 Å². The van der Waals surface area contributed by atoms with Gasteiger partial charge < -0.3 is 10.1 Å². The second kappa shape index (κ2) is 5.02. The summed E-state index contributed by atoms with van der Waals surface area (Å²) in [6.45, 7) is 0. The van der Waals surface area contributed by atoms with E-state index >= 15 is 0 Å². The van der Waals surface area contributed by atoms with Gasteiger partial charge in [0.1, 0.15) is 11.0 Å². The molecule has 0 saturated carbocycles. The molecule has 0 spiro atoms. The Morgan fingerprint density at radius 1 is 1.30 bits per heavy atom. The molecule has 2 N–H and O–H groups in total. The van der Waals surface area contributed by atoms with E-state index in [0.717, 1.165) is 4.68 Å². The fraction of sp³-hybridized carbons (Fsp3) is 0.143. The number of H-pyrrole nitrogens is 1. The number of rotatable bonds is 1. The molecule has 0 unspecified atom stereocenters. The zero-order valence-corrected chi connectivity index (χ0v) is 12.3. The summed E-state index contributed by atoms with van der Waals surface area (Å²) in [7, 11) is 1.26. The van der Waals surface area contributed by atoms with Gasteiger partial charge in [0.25, 0.3) is 0 Å². The topological polar surface area (TPSA) is 70.9 Å². The minimum atomic E-state index is -4.81. The van der Waals surface area contributed by atoms with Crippen molar-refractivity contribution >= 4 is 22.6 Å². The maximum absolute atomic E-state index is 13.0. The van der Waals surface area contributed by atoms with Gasteiger partial charge in [-0.05, 0) is 6.07 Å². The van der Waals surface area contributed by atoms with Crippen molar-refractivity contribution in [1.82, 2.24) is 14.8 Å². The summed E-state index contributed by atoms with van der Waals surface area (Å²) in [6.07, 6.45) is -4.81. The van der Waals surface area contributed by atoms with Gasteiger partial charge in [0.2, 0.25) is 5.43 Å². The Balaban J connectivity index is 2.43. The molecule has 0 aliphatic rings. The molecule has 0 aliphatic heterocycles. The number of halogens is 4. The first kappa shape index (κ1) is 15.4. The van der Waals surface area contributed by atoms with Crippen molar-refractivity contribution in [2.45, 2.75) is 6.18 Å². The van der Waals surface area contributed by atoms with Crippen molar-refractivity contribution in [2.24, 2.45) is 7.05 Å². The van der Waals surface area contributed by atoms with Gasteiger partial charge >= 0.3 is 6.18 Å². The van der Waals surface area contributed by atoms with Crippen LogP contribution in [0.2, 0.25) is 5.02 Å². The molecule has 2 heterocycles. The lowest BCUT2D eigenvalue weighted by atomic mass is 10.1. The van der Waals surface area contributed by atoms with Crippen LogP contribution in [0, 0.1) is 0 Å². The normalized spacial score (nSPS) is 12.0. The standard InChI is InChI=1S/C14H9ClF3N3O2/c1-21-13-8(12(20-21)14(16,17)18)10(22)11(23)9(19-13)6-4-2-3-5-7(6)15/h2-5,23H,1H3,(H,19,22). The minimum absolute atomic E-state index is 0.0650. The molecule has 1 aromatic carbocycles. The second-order valence-corrected chi connectivity index (χ2v) is 5.26. The van der Waals surface area contributed by atoms with Crippen molar-refractivity contribution < 1.29 is 18.3 Å². The number of hydrogen-bond acceptors (Lipinski definition) is 3. The summed E-state index contributed by atoms with van der Waals surface area (Å²) in [5.74, 6) is -0.843. The van der Waals surface area contributed by atoms with Crippen LogP contribution in [-0.4, -0.2) is 19.9 Å². The van der Waals surface area contributed by atoms with Crippen LogP contribution >= 0.6 is 11.6 Å². The van der Waals surface area contributed by atoms with Crippen molar-refractivity contribution in [3.63, 3.8) is 0 Å². The molecule has 5 nitrogen and oxygen atoms in total. The van der Waals surface area contributed by atoms with E-state index in [1.807, 2.05) is 0 Å². The average Bonchev–Trinajstić information content (AvgIpc) is 2.81. The van der Waals surface area contributed by atoms with Gasteiger partial charge in [-0.15, -0.1) is 0 Å². The fourth-order valence-corrected chi connectivity index (χ4v) is 2.58. The highest BCUT2D eigenvalue weighted by atomic mass is 35.5. The number of aromatic amines is 1. The molecular formula is C14H9ClF3N3O2. The number of aryl methyl sites for hydroxylation is 1. The van der Waals surface area contributed by atoms with Crippen LogP contribution in [0.25, 0.3) is 22.3 Å². The van der Waals surface area contributed by atoms with Gasteiger partial charge in [-0.25, -0.2) is 0 Å². The number of nitrogens with one attached hydrogen (secondary N) is 1. The Morgan fingerprint density at radius 3 is 2.57 bits per heavy atom. The molecule has 3 aromatic rings. The fourth-order valence-electron chi connectivity index (χ4n) is 2.35. The quantitative estimate of drug-likeness (QED) is 0.712. The highest BCUT2D eigenvalue weighted by Crippen LogP contribution is 2.36. The molecule has 0 radical (unpaired) electrons. The van der Waals surface area contributed by atoms with E-state index in [9.17, 15) is 23.1 Å². The maximum atomic E-state index is 13.0. The molecular weight excluding hydrogens is 335 g/mol. The summed E-state index contributed by atoms with van der Waals surface area (Å²) in [5, 5.41) is 12.9. The summed E-state index contributed by atoms with van der Waals surface area (Å²) in [5.41, 5.74) is -2.44. The molecule has 2 aromatic heterocycles. The molecule has 0 aliphatic carbocycles. The number of nitrogens with zero attached hydrogens (tertiary/aromatic N) is 2. The molecule has 3 rings (SSSR count). The van der Waals surface area contributed by atoms with Crippen molar-refractivity contribution in [2.75, 3.05) is 0 Å². The number of hydrogen-bond donors (Lipinski definition) is 2. The Kier molecular flexibility index (Phi) is 3.36. The number of fused-ring (bicyclic) bond motifs is 1. The van der Waals surface area contributed by atoms with E-state index in [0.29, 0.717) is 5.56 Å². The SMILES string of the molecule is Cn1nc(C(F)(F)F)c2c(=O)c(O)c(-c3ccccc3Cl)[nH]c21. The van der Waals surface area contributed by atoms with Crippen molar-refractivity contribution in [3.8, 4) is 17.0 Å². The van der Waals surface area contributed by atoms with E-state index in [1.54, 1.807) is 12.1 Å². The first-order valence-corrected chi connectivity index (χ1v) is 6.73. The molecule has 0 amide bonds. The number of aromatic nitrogens is 3. The lowest BCUT2D eigenvalue weighted by Gasteiger charge is -2.08. The second-order valence-electron chi connectivity index (χ2n) is 4.85. The first-order chi connectivity index (χ1) is 10.7. The van der Waals surface area contributed by atoms with Crippen molar-refractivity contribution in [3.05, 3.63) is 45.2 Å². The van der Waals surface area contributed by atoms with Crippen LogP contribution < -0.4 is 5.43 Å². The molecule has 0 saturated heterocycles. The highest BCUT2D eigenvalue weighted by Gasteiger charge is 2.38. The van der Waals surface area contributed by atoms with Gasteiger partial charge in [0.15, 0.2) is 11.4 Å². The van der Waals surface area contributed by atoms with E-state index < -0.39 is 28.4 Å². The molecule has 120 valence electrons. The number of aromatic hydroxyl groups is 1. The Morgan fingerprint density at radius 2 is 1.96 bits per heavy atom. The molecule has 9 heteroatoms. The van der Waals surface area contributed by atoms with Crippen LogP contribution in [-0.2, 0) is 13.2 Å². The third-order valence-corrected chi connectivity index (χ3v) is 3.71. The van der Waals surface area contributed by atoms with Gasteiger partial charge in [0.05, 0.1) is 10.7 Å². The maximum Gasteiger partial charge on any atom is 0.435 e. The smallest absolute Gasteiger partial charge is 0.435 e. The molecule has 0 bridgehead atoms. The third kappa shape index (κ3) is 2.35. The van der Waals surface area contributed by atoms with E-state index in [-0.39, 0.29) is 16.4 Å². The van der Waals surface area contributed by atoms with Gasteiger partial charge in [-0.1, -0.05) is 29.8 Å². The van der Waals surface area contributed by atoms with Crippen LogP contribution in [0.1, 0.15) is 5.69 Å². The Bertz CT molecular complexity index is 976.